The van der Waals surface area contributed by atoms with Crippen LogP contribution in [0.1, 0.15) is 161 Å². The maximum absolute atomic E-state index is 15.1. The fraction of sp³-hybridized carbons (Fsp3) is 0.475. The van der Waals surface area contributed by atoms with E-state index in [4.69, 9.17) is 29.1 Å². The van der Waals surface area contributed by atoms with Crippen molar-refractivity contribution >= 4 is 43.4 Å². The molecule has 6 N–H and O–H groups in total. The summed E-state index contributed by atoms with van der Waals surface area (Å²) in [4.78, 5) is 86.1. The Bertz CT molecular complexity index is 3030. The smallest absolute Gasteiger partial charge is 0.286 e. The molecule has 4 unspecified atom stereocenters. The normalized spacial score (nSPS) is 18.9. The minimum Gasteiger partial charge on any atom is -0.497 e. The third-order valence-electron chi connectivity index (χ3n) is 15.9. The van der Waals surface area contributed by atoms with Crippen LogP contribution in [0.25, 0.3) is 11.2 Å². The van der Waals surface area contributed by atoms with Crippen LogP contribution >= 0.6 is 8.53 Å². The van der Waals surface area contributed by atoms with Crippen molar-refractivity contribution < 1.29 is 48.0 Å². The van der Waals surface area contributed by atoms with E-state index in [0.717, 1.165) is 50.0 Å². The molecule has 19 heteroatoms. The molecule has 0 spiro atoms. The van der Waals surface area contributed by atoms with Crippen molar-refractivity contribution in [1.29, 1.82) is 0 Å². The van der Waals surface area contributed by atoms with Crippen LogP contribution in [0.15, 0.2) is 108 Å². The summed E-state index contributed by atoms with van der Waals surface area (Å²) in [6.07, 6.45) is 7.43. The summed E-state index contributed by atoms with van der Waals surface area (Å²) in [7, 11) is 0.343. The first kappa shape index (κ1) is 59.7. The number of amides is 3. The number of hydrogen-bond acceptors (Lipinski definition) is 14. The largest absolute Gasteiger partial charge is 0.497 e. The van der Waals surface area contributed by atoms with E-state index in [1.807, 2.05) is 60.7 Å². The Kier molecular flexibility index (Phi) is 20.5. The van der Waals surface area contributed by atoms with Gasteiger partial charge in [-0.2, -0.15) is 4.98 Å². The summed E-state index contributed by atoms with van der Waals surface area (Å²) in [6.45, 7) is 10.1. The van der Waals surface area contributed by atoms with Crippen molar-refractivity contribution in [1.82, 2.24) is 24.6 Å². The second-order valence-corrected chi connectivity index (χ2v) is 22.2. The Morgan fingerprint density at radius 1 is 0.800 bits per heavy atom. The highest BCUT2D eigenvalue weighted by molar-refractivity contribution is 7.43. The molecule has 6 aromatic rings. The van der Waals surface area contributed by atoms with Gasteiger partial charge in [0.15, 0.2) is 23.5 Å². The number of aromatic nitrogens is 4. The summed E-state index contributed by atoms with van der Waals surface area (Å²) >= 11 is 0. The molecule has 80 heavy (non-hydrogen) atoms. The molecule has 4 heterocycles. The van der Waals surface area contributed by atoms with Crippen LogP contribution in [-0.4, -0.2) is 90.9 Å². The Labute approximate surface area is 469 Å². The Morgan fingerprint density at radius 2 is 1.40 bits per heavy atom. The number of nitrogens with zero attached hydrogens (tertiary/aromatic N) is 4. The minimum absolute atomic E-state index is 0.0935. The molecule has 2 aliphatic heterocycles. The molecule has 0 aliphatic carbocycles. The number of unbranched alkanes of at least 4 members (excludes halogenated alkanes) is 4. The van der Waals surface area contributed by atoms with E-state index in [1.165, 1.54) is 49.4 Å². The number of hydrogen-bond donors (Lipinski definition) is 5. The quantitative estimate of drug-likeness (QED) is 0.0127. The Morgan fingerprint density at radius 3 is 1.99 bits per heavy atom. The molecule has 2 aromatic heterocycles. The van der Waals surface area contributed by atoms with Gasteiger partial charge in [-0.05, 0) is 70.8 Å². The van der Waals surface area contributed by atoms with Crippen molar-refractivity contribution in [2.24, 2.45) is 23.3 Å². The standard InChI is InChI=1S/C61H78N7O11P/c1-8-11-20-39(10-3)22-15-13-16-23-40(21-12-9-2)36-41-24-19-27-47-48(41)58(73)68(57(47)72)78-52-50(69)51(77-59(52)67-37-63-49-54(67)64-60(66-56(49)71)65-55(70)38(4)5)53(79-80(62)74)61(42-25-17-14-18-26-42,43-28-32-45(75-6)33-29-43)44-30-34-46(76-7)35-31-44/h14,17-19,24-35,37-40,50-53,59,69,74H,8-13,15-16,20-23,36,62H2,1-7H3,(H2,64,65,66,70,71)/t39?,40?,50-,51+,52-,53?,59-,80?/m1/s1. The number of nitrogens with two attached hydrogens (primary N) is 1. The first-order valence-corrected chi connectivity index (χ1v) is 29.5. The number of nitrogens with one attached hydrogen (secondary N) is 2. The number of aliphatic hydroxyl groups is 1. The van der Waals surface area contributed by atoms with E-state index in [-0.39, 0.29) is 34.2 Å². The van der Waals surface area contributed by atoms with E-state index >= 15 is 4.79 Å². The number of aromatic amines is 1. The zero-order chi connectivity index (χ0) is 57.1. The van der Waals surface area contributed by atoms with E-state index in [9.17, 15) is 24.4 Å². The molecular weight excluding hydrogens is 1040 g/mol. The third-order valence-corrected chi connectivity index (χ3v) is 16.4. The van der Waals surface area contributed by atoms with Gasteiger partial charge in [0.05, 0.1) is 37.1 Å². The number of fused-ring (bicyclic) bond motifs is 2. The maximum Gasteiger partial charge on any atom is 0.286 e. The van der Waals surface area contributed by atoms with Gasteiger partial charge < -0.3 is 28.7 Å². The van der Waals surface area contributed by atoms with Gasteiger partial charge in [0.25, 0.3) is 25.9 Å². The van der Waals surface area contributed by atoms with Crippen LogP contribution in [-0.2, 0) is 30.7 Å². The number of H-pyrrole nitrogens is 1. The number of imide groups is 1. The summed E-state index contributed by atoms with van der Waals surface area (Å²) in [5.41, 5.74) is 6.79. The van der Waals surface area contributed by atoms with Gasteiger partial charge in [0.2, 0.25) is 11.9 Å². The second kappa shape index (κ2) is 27.4. The molecule has 1 fully saturated rings. The minimum atomic E-state index is -2.76. The SMILES string of the molecule is CCCCC(CC)CCCCCC(CCCC)Cc1cccc2c1C(=O)N(O[C@@H]1[C@H](O)[C@@H](C(OP(N)O)C(c3ccccc3)(c3ccc(OC)cc3)c3ccc(OC)cc3)O[C@H]1n1cnc3c(=O)[nH]c(NC(=O)C(C)C)nc31)C2=O. The van der Waals surface area contributed by atoms with Crippen LogP contribution in [0.4, 0.5) is 5.95 Å². The van der Waals surface area contributed by atoms with Crippen molar-refractivity contribution in [2.45, 2.75) is 154 Å². The molecule has 4 aromatic carbocycles. The second-order valence-electron chi connectivity index (χ2n) is 21.4. The Hall–Kier alpha value is -6.37. The lowest BCUT2D eigenvalue weighted by Gasteiger charge is -2.45. The first-order chi connectivity index (χ1) is 38.7. The first-order valence-electron chi connectivity index (χ1n) is 28.2. The molecule has 8 rings (SSSR count). The summed E-state index contributed by atoms with van der Waals surface area (Å²) in [6, 6.07) is 29.0. The summed E-state index contributed by atoms with van der Waals surface area (Å²) in [5.74, 6) is -0.422. The predicted octanol–water partition coefficient (Wildman–Crippen LogP) is 10.7. The highest BCUT2D eigenvalue weighted by Crippen LogP contribution is 2.52. The van der Waals surface area contributed by atoms with Crippen LogP contribution in [0.2, 0.25) is 0 Å². The number of benzene rings is 4. The molecule has 0 bridgehead atoms. The predicted molar refractivity (Wildman–Crippen MR) is 307 cm³/mol. The van der Waals surface area contributed by atoms with E-state index in [2.05, 4.69) is 41.0 Å². The van der Waals surface area contributed by atoms with E-state index in [0.29, 0.717) is 39.7 Å². The molecule has 428 valence electrons. The van der Waals surface area contributed by atoms with Crippen molar-refractivity contribution in [3.8, 4) is 11.5 Å². The average molecular weight is 1120 g/mol. The molecule has 1 saturated heterocycles. The lowest BCUT2D eigenvalue weighted by Crippen LogP contribution is -2.54. The van der Waals surface area contributed by atoms with Crippen LogP contribution in [0, 0.1) is 17.8 Å². The fourth-order valence-electron chi connectivity index (χ4n) is 11.6. The molecule has 8 atom stereocenters. The van der Waals surface area contributed by atoms with E-state index < -0.39 is 73.8 Å². The van der Waals surface area contributed by atoms with Crippen molar-refractivity contribution in [3.05, 3.63) is 147 Å². The van der Waals surface area contributed by atoms with Gasteiger partial charge >= 0.3 is 0 Å². The Balaban J connectivity index is 1.22. The van der Waals surface area contributed by atoms with Gasteiger partial charge in [-0.3, -0.25) is 44.4 Å². The number of ether oxygens (including phenoxy) is 3. The zero-order valence-electron chi connectivity index (χ0n) is 47.0. The number of hydroxylamine groups is 2. The highest BCUT2D eigenvalue weighted by atomic mass is 31.2. The third kappa shape index (κ3) is 12.9. The number of aliphatic hydroxyl groups excluding tert-OH is 1. The summed E-state index contributed by atoms with van der Waals surface area (Å²) < 4.78 is 26.2. The summed E-state index contributed by atoms with van der Waals surface area (Å²) in [5, 5.41) is 16.5. The lowest BCUT2D eigenvalue weighted by atomic mass is 9.64. The molecule has 18 nitrogen and oxygen atoms in total. The van der Waals surface area contributed by atoms with Gasteiger partial charge in [-0.1, -0.05) is 178 Å². The molecule has 3 amide bonds. The highest BCUT2D eigenvalue weighted by Gasteiger charge is 2.59. The van der Waals surface area contributed by atoms with Crippen molar-refractivity contribution in [2.75, 3.05) is 19.5 Å². The topological polar surface area (TPSA) is 243 Å². The van der Waals surface area contributed by atoms with Crippen LogP contribution < -0.4 is 25.9 Å². The molecule has 0 radical (unpaired) electrons. The van der Waals surface area contributed by atoms with Gasteiger partial charge in [0.1, 0.15) is 29.8 Å². The monoisotopic (exact) mass is 1120 g/mol. The number of imidazole rings is 1. The molecular formula is C61H78N7O11P. The fourth-order valence-corrected chi connectivity index (χ4v) is 12.1. The van der Waals surface area contributed by atoms with Crippen LogP contribution in [0.3, 0.4) is 0 Å². The van der Waals surface area contributed by atoms with Gasteiger partial charge in [-0.15, -0.1) is 5.06 Å². The zero-order valence-corrected chi connectivity index (χ0v) is 47.9. The molecule has 0 saturated carbocycles. The van der Waals surface area contributed by atoms with Crippen LogP contribution in [0.5, 0.6) is 11.5 Å². The van der Waals surface area contributed by atoms with Gasteiger partial charge in [0, 0.05) is 5.92 Å². The molecule has 2 aliphatic rings. The maximum atomic E-state index is 15.1. The number of anilines is 1. The van der Waals surface area contributed by atoms with E-state index in [1.54, 1.807) is 64.5 Å². The number of methoxy groups -OCH3 is 2. The number of rotatable bonds is 29. The van der Waals surface area contributed by atoms with Gasteiger partial charge in [-0.25, -0.2) is 4.98 Å². The number of carbonyl (C=O) groups excluding carboxylic acids is 3. The number of carbonyl (C=O) groups is 3. The average Bonchev–Trinajstić information content (AvgIpc) is 4.26. The van der Waals surface area contributed by atoms with Crippen molar-refractivity contribution in [3.63, 3.8) is 0 Å². The lowest BCUT2D eigenvalue weighted by molar-refractivity contribution is -0.177.